The van der Waals surface area contributed by atoms with E-state index in [4.69, 9.17) is 0 Å². The van der Waals surface area contributed by atoms with Crippen LogP contribution in [0.15, 0.2) is 36.5 Å². The predicted octanol–water partition coefficient (Wildman–Crippen LogP) is 3.01. The summed E-state index contributed by atoms with van der Waals surface area (Å²) in [5.41, 5.74) is 3.12. The average molecular weight is 215 g/mol. The van der Waals surface area contributed by atoms with Gasteiger partial charge in [0.2, 0.25) is 5.95 Å². The van der Waals surface area contributed by atoms with E-state index in [2.05, 4.69) is 4.98 Å². The average Bonchev–Trinajstić information content (AvgIpc) is 2.30. The van der Waals surface area contributed by atoms with E-state index < -0.39 is 5.95 Å². The second-order valence-corrected chi connectivity index (χ2v) is 3.58. The Labute approximate surface area is 92.8 Å². The number of nitrogens with zero attached hydrogens (tertiary/aromatic N) is 1. The molecule has 0 N–H and O–H groups in total. The second-order valence-electron chi connectivity index (χ2n) is 3.58. The number of benzene rings is 1. The minimum atomic E-state index is -0.525. The Morgan fingerprint density at radius 3 is 2.69 bits per heavy atom. The van der Waals surface area contributed by atoms with Crippen LogP contribution >= 0.6 is 0 Å². The molecule has 0 bridgehead atoms. The van der Waals surface area contributed by atoms with Crippen molar-refractivity contribution in [3.63, 3.8) is 0 Å². The number of pyridine rings is 1. The van der Waals surface area contributed by atoms with Crippen LogP contribution in [0.3, 0.4) is 0 Å². The summed E-state index contributed by atoms with van der Waals surface area (Å²) in [6.45, 7) is 1.92. The molecule has 1 aromatic heterocycles. The lowest BCUT2D eigenvalue weighted by Crippen LogP contribution is -1.90. The van der Waals surface area contributed by atoms with E-state index in [1.807, 2.05) is 19.1 Å². The van der Waals surface area contributed by atoms with Gasteiger partial charge in [-0.15, -0.1) is 0 Å². The molecule has 0 radical (unpaired) electrons. The van der Waals surface area contributed by atoms with Crippen molar-refractivity contribution in [3.05, 3.63) is 53.6 Å². The first-order chi connectivity index (χ1) is 7.70. The minimum absolute atomic E-state index is 0.525. The molecular weight excluding hydrogens is 205 g/mol. The molecule has 2 aromatic rings. The maximum absolute atomic E-state index is 12.7. The molecule has 0 fully saturated rings. The molecule has 16 heavy (non-hydrogen) atoms. The molecule has 0 saturated heterocycles. The fraction of sp³-hybridized carbons (Fsp3) is 0.0769. The van der Waals surface area contributed by atoms with Gasteiger partial charge in [-0.2, -0.15) is 4.39 Å². The minimum Gasteiger partial charge on any atom is -0.298 e. The van der Waals surface area contributed by atoms with E-state index in [1.54, 1.807) is 12.1 Å². The number of carbonyl (C=O) groups is 1. The Morgan fingerprint density at radius 1 is 1.25 bits per heavy atom. The van der Waals surface area contributed by atoms with Crippen molar-refractivity contribution in [3.8, 4) is 11.1 Å². The number of carbonyl (C=O) groups excluding carboxylic acids is 1. The van der Waals surface area contributed by atoms with Gasteiger partial charge in [0.15, 0.2) is 6.29 Å². The second kappa shape index (κ2) is 4.23. The number of hydrogen-bond acceptors (Lipinski definition) is 2. The summed E-state index contributed by atoms with van der Waals surface area (Å²) in [4.78, 5) is 14.5. The maximum atomic E-state index is 12.7. The molecule has 0 atom stereocenters. The molecule has 2 rings (SSSR count). The highest BCUT2D eigenvalue weighted by Crippen LogP contribution is 2.22. The molecular formula is C13H10FNO. The van der Waals surface area contributed by atoms with Gasteiger partial charge in [0.05, 0.1) is 0 Å². The van der Waals surface area contributed by atoms with Crippen LogP contribution in [0.2, 0.25) is 0 Å². The largest absolute Gasteiger partial charge is 0.298 e. The van der Waals surface area contributed by atoms with E-state index in [0.29, 0.717) is 5.56 Å². The number of aldehydes is 1. The van der Waals surface area contributed by atoms with Gasteiger partial charge in [-0.05, 0) is 30.7 Å². The number of rotatable bonds is 2. The zero-order valence-corrected chi connectivity index (χ0v) is 8.77. The van der Waals surface area contributed by atoms with Gasteiger partial charge in [0.1, 0.15) is 0 Å². The SMILES string of the molecule is Cc1ccc(-c2ccc(F)nc2)c(C=O)c1. The third-order valence-corrected chi connectivity index (χ3v) is 2.37. The van der Waals surface area contributed by atoms with Crippen molar-refractivity contribution in [2.75, 3.05) is 0 Å². The number of hydrogen-bond donors (Lipinski definition) is 0. The first kappa shape index (κ1) is 10.5. The van der Waals surface area contributed by atoms with Gasteiger partial charge in [-0.3, -0.25) is 4.79 Å². The third-order valence-electron chi connectivity index (χ3n) is 2.37. The van der Waals surface area contributed by atoms with Crippen LogP contribution in [0.1, 0.15) is 15.9 Å². The molecule has 0 aliphatic heterocycles. The summed E-state index contributed by atoms with van der Waals surface area (Å²) in [6.07, 6.45) is 2.22. The van der Waals surface area contributed by atoms with E-state index in [-0.39, 0.29) is 0 Å². The highest BCUT2D eigenvalue weighted by Gasteiger charge is 2.05. The summed E-state index contributed by atoms with van der Waals surface area (Å²) >= 11 is 0. The third kappa shape index (κ3) is 1.98. The monoisotopic (exact) mass is 215 g/mol. The molecule has 0 unspecified atom stereocenters. The van der Waals surface area contributed by atoms with Crippen molar-refractivity contribution in [2.24, 2.45) is 0 Å². The van der Waals surface area contributed by atoms with Gasteiger partial charge < -0.3 is 0 Å². The fourth-order valence-electron chi connectivity index (χ4n) is 1.58. The van der Waals surface area contributed by atoms with E-state index in [1.165, 1.54) is 12.3 Å². The van der Waals surface area contributed by atoms with Crippen LogP contribution in [0.4, 0.5) is 4.39 Å². The maximum Gasteiger partial charge on any atom is 0.212 e. The summed E-state index contributed by atoms with van der Waals surface area (Å²) in [7, 11) is 0. The topological polar surface area (TPSA) is 30.0 Å². The Bertz CT molecular complexity index is 520. The van der Waals surface area contributed by atoms with E-state index in [9.17, 15) is 9.18 Å². The standard InChI is InChI=1S/C13H10FNO/c1-9-2-4-12(11(6-9)8-16)10-3-5-13(14)15-7-10/h2-8H,1H3. The first-order valence-electron chi connectivity index (χ1n) is 4.88. The zero-order chi connectivity index (χ0) is 11.5. The predicted molar refractivity (Wildman–Crippen MR) is 59.8 cm³/mol. The molecule has 1 heterocycles. The molecule has 0 saturated carbocycles. The Kier molecular flexibility index (Phi) is 2.77. The quantitative estimate of drug-likeness (QED) is 0.569. The lowest BCUT2D eigenvalue weighted by molar-refractivity contribution is 0.112. The summed E-state index contributed by atoms with van der Waals surface area (Å²) in [5, 5.41) is 0. The Hall–Kier alpha value is -2.03. The fourth-order valence-corrected chi connectivity index (χ4v) is 1.58. The van der Waals surface area contributed by atoms with Crippen molar-refractivity contribution in [1.82, 2.24) is 4.98 Å². The van der Waals surface area contributed by atoms with Crippen LogP contribution in [-0.4, -0.2) is 11.3 Å². The molecule has 0 amide bonds. The van der Waals surface area contributed by atoms with Crippen molar-refractivity contribution in [2.45, 2.75) is 6.92 Å². The Balaban J connectivity index is 2.55. The molecule has 2 nitrogen and oxygen atoms in total. The summed E-state index contributed by atoms with van der Waals surface area (Å²) in [5.74, 6) is -0.525. The first-order valence-corrected chi connectivity index (χ1v) is 4.88. The van der Waals surface area contributed by atoms with Gasteiger partial charge in [-0.25, -0.2) is 4.98 Å². The molecule has 80 valence electrons. The normalized spacial score (nSPS) is 10.1. The lowest BCUT2D eigenvalue weighted by Gasteiger charge is -2.05. The van der Waals surface area contributed by atoms with Crippen molar-refractivity contribution < 1.29 is 9.18 Å². The van der Waals surface area contributed by atoms with Crippen molar-refractivity contribution in [1.29, 1.82) is 0 Å². The van der Waals surface area contributed by atoms with Crippen molar-refractivity contribution >= 4 is 6.29 Å². The van der Waals surface area contributed by atoms with Gasteiger partial charge in [0, 0.05) is 17.3 Å². The summed E-state index contributed by atoms with van der Waals surface area (Å²) < 4.78 is 12.7. The van der Waals surface area contributed by atoms with Crippen LogP contribution in [0.5, 0.6) is 0 Å². The van der Waals surface area contributed by atoms with Gasteiger partial charge in [0.25, 0.3) is 0 Å². The summed E-state index contributed by atoms with van der Waals surface area (Å²) in [6, 6.07) is 8.44. The molecule has 0 spiro atoms. The van der Waals surface area contributed by atoms with Gasteiger partial charge in [-0.1, -0.05) is 17.7 Å². The highest BCUT2D eigenvalue weighted by atomic mass is 19.1. The highest BCUT2D eigenvalue weighted by molar-refractivity contribution is 5.87. The van der Waals surface area contributed by atoms with Crippen LogP contribution < -0.4 is 0 Å². The molecule has 3 heteroatoms. The van der Waals surface area contributed by atoms with E-state index in [0.717, 1.165) is 23.0 Å². The van der Waals surface area contributed by atoms with Crippen LogP contribution in [0.25, 0.3) is 11.1 Å². The lowest BCUT2D eigenvalue weighted by atomic mass is 10.00. The van der Waals surface area contributed by atoms with E-state index >= 15 is 0 Å². The smallest absolute Gasteiger partial charge is 0.212 e. The molecule has 1 aromatic carbocycles. The van der Waals surface area contributed by atoms with Crippen LogP contribution in [0, 0.1) is 12.9 Å². The Morgan fingerprint density at radius 2 is 2.06 bits per heavy atom. The number of halogens is 1. The number of aromatic nitrogens is 1. The zero-order valence-electron chi connectivity index (χ0n) is 8.77. The molecule has 0 aliphatic rings. The molecule has 0 aliphatic carbocycles. The van der Waals surface area contributed by atoms with Gasteiger partial charge >= 0.3 is 0 Å². The van der Waals surface area contributed by atoms with Crippen LogP contribution in [-0.2, 0) is 0 Å². The number of aryl methyl sites for hydroxylation is 1.